The number of primary amides is 1. The van der Waals surface area contributed by atoms with Gasteiger partial charge >= 0.3 is 0 Å². The van der Waals surface area contributed by atoms with Crippen LogP contribution in [0.2, 0.25) is 0 Å². The van der Waals surface area contributed by atoms with Gasteiger partial charge in [-0.2, -0.15) is 0 Å². The Labute approximate surface area is 124 Å². The van der Waals surface area contributed by atoms with Crippen molar-refractivity contribution in [2.75, 3.05) is 11.9 Å². The number of hydrogen-bond donors (Lipinski definition) is 2. The average molecular weight is 294 g/mol. The molecule has 0 bridgehead atoms. The number of carbonyl (C=O) groups excluding carboxylic acids is 1. The number of carbonyl (C=O) groups is 1. The predicted molar refractivity (Wildman–Crippen MR) is 80.9 cm³/mol. The maximum absolute atomic E-state index is 13.9. The van der Waals surface area contributed by atoms with Crippen LogP contribution in [-0.2, 0) is 4.74 Å². The van der Waals surface area contributed by atoms with Crippen molar-refractivity contribution in [1.29, 1.82) is 0 Å². The Morgan fingerprint density at radius 1 is 1.52 bits per heavy atom. The zero-order chi connectivity index (χ0) is 15.4. The van der Waals surface area contributed by atoms with Crippen molar-refractivity contribution in [3.05, 3.63) is 29.1 Å². The van der Waals surface area contributed by atoms with Crippen LogP contribution in [0.15, 0.2) is 12.1 Å². The maximum atomic E-state index is 13.9. The fraction of sp³-hybridized carbons (Fsp3) is 0.562. The van der Waals surface area contributed by atoms with E-state index >= 15 is 0 Å². The van der Waals surface area contributed by atoms with Gasteiger partial charge in [0.1, 0.15) is 5.82 Å². The fourth-order valence-electron chi connectivity index (χ4n) is 2.73. The van der Waals surface area contributed by atoms with Gasteiger partial charge in [-0.25, -0.2) is 4.39 Å². The molecule has 0 aliphatic carbocycles. The molecule has 4 nitrogen and oxygen atoms in total. The van der Waals surface area contributed by atoms with Gasteiger partial charge in [-0.1, -0.05) is 13.3 Å². The molecule has 0 saturated carbocycles. The van der Waals surface area contributed by atoms with Crippen LogP contribution in [0.1, 0.15) is 48.5 Å². The summed E-state index contributed by atoms with van der Waals surface area (Å²) >= 11 is 0. The molecule has 1 aromatic carbocycles. The standard InChI is InChI=1S/C16H23FN2O2/c1-3-4-13-9-12(5-6-21-13)19-15-8-11(16(18)20)7-14(17)10(15)2/h7-8,12-13,19H,3-6,9H2,1-2H3,(H2,18,20). The summed E-state index contributed by atoms with van der Waals surface area (Å²) in [5.41, 5.74) is 6.59. The number of rotatable bonds is 5. The molecule has 0 spiro atoms. The van der Waals surface area contributed by atoms with E-state index in [1.807, 2.05) is 0 Å². The fourth-order valence-corrected chi connectivity index (χ4v) is 2.73. The highest BCUT2D eigenvalue weighted by molar-refractivity contribution is 5.94. The molecule has 1 saturated heterocycles. The highest BCUT2D eigenvalue weighted by atomic mass is 19.1. The van der Waals surface area contributed by atoms with E-state index in [-0.39, 0.29) is 17.7 Å². The zero-order valence-corrected chi connectivity index (χ0v) is 12.6. The van der Waals surface area contributed by atoms with Crippen molar-refractivity contribution in [2.24, 2.45) is 5.73 Å². The monoisotopic (exact) mass is 294 g/mol. The van der Waals surface area contributed by atoms with Crippen LogP contribution < -0.4 is 11.1 Å². The smallest absolute Gasteiger partial charge is 0.248 e. The number of nitrogens with one attached hydrogen (secondary N) is 1. The van der Waals surface area contributed by atoms with E-state index in [4.69, 9.17) is 10.5 Å². The number of hydrogen-bond acceptors (Lipinski definition) is 3. The zero-order valence-electron chi connectivity index (χ0n) is 12.6. The highest BCUT2D eigenvalue weighted by Gasteiger charge is 2.23. The average Bonchev–Trinajstić information content (AvgIpc) is 2.44. The molecule has 0 aromatic heterocycles. The second-order valence-electron chi connectivity index (χ2n) is 5.64. The van der Waals surface area contributed by atoms with Crippen LogP contribution in [0, 0.1) is 12.7 Å². The molecule has 1 heterocycles. The molecule has 3 N–H and O–H groups in total. The molecule has 1 amide bonds. The second-order valence-corrected chi connectivity index (χ2v) is 5.64. The van der Waals surface area contributed by atoms with Gasteiger partial charge in [0, 0.05) is 29.5 Å². The second kappa shape index (κ2) is 6.89. The Bertz CT molecular complexity index is 517. The molecule has 1 aliphatic heterocycles. The lowest BCUT2D eigenvalue weighted by atomic mass is 9.99. The lowest BCUT2D eigenvalue weighted by molar-refractivity contribution is 0.00596. The molecule has 1 fully saturated rings. The number of amides is 1. The SMILES string of the molecule is CCCC1CC(Nc2cc(C(N)=O)cc(F)c2C)CCO1. The van der Waals surface area contributed by atoms with Crippen molar-refractivity contribution in [1.82, 2.24) is 0 Å². The maximum Gasteiger partial charge on any atom is 0.248 e. The van der Waals surface area contributed by atoms with Crippen molar-refractivity contribution >= 4 is 11.6 Å². The number of anilines is 1. The van der Waals surface area contributed by atoms with Crippen LogP contribution in [0.3, 0.4) is 0 Å². The first-order valence-corrected chi connectivity index (χ1v) is 7.49. The van der Waals surface area contributed by atoms with Gasteiger partial charge in [-0.15, -0.1) is 0 Å². The van der Waals surface area contributed by atoms with Crippen LogP contribution in [0.5, 0.6) is 0 Å². The molecule has 5 heteroatoms. The van der Waals surface area contributed by atoms with Crippen LogP contribution in [0.4, 0.5) is 10.1 Å². The minimum atomic E-state index is -0.618. The van der Waals surface area contributed by atoms with Crippen molar-refractivity contribution < 1.29 is 13.9 Å². The topological polar surface area (TPSA) is 64.3 Å². The normalized spacial score (nSPS) is 22.0. The Balaban J connectivity index is 2.13. The minimum Gasteiger partial charge on any atom is -0.382 e. The first kappa shape index (κ1) is 15.8. The Morgan fingerprint density at radius 2 is 2.29 bits per heavy atom. The number of nitrogens with two attached hydrogens (primary N) is 1. The largest absolute Gasteiger partial charge is 0.382 e. The number of ether oxygens (including phenoxy) is 1. The molecule has 2 unspecified atom stereocenters. The van der Waals surface area contributed by atoms with Crippen LogP contribution in [-0.4, -0.2) is 24.7 Å². The van der Waals surface area contributed by atoms with E-state index in [0.717, 1.165) is 25.7 Å². The van der Waals surface area contributed by atoms with Crippen LogP contribution >= 0.6 is 0 Å². The van der Waals surface area contributed by atoms with E-state index in [1.54, 1.807) is 13.0 Å². The summed E-state index contributed by atoms with van der Waals surface area (Å²) in [6.07, 6.45) is 4.15. The minimum absolute atomic E-state index is 0.192. The molecule has 0 radical (unpaired) electrons. The van der Waals surface area contributed by atoms with E-state index in [0.29, 0.717) is 17.9 Å². The molecular weight excluding hydrogens is 271 g/mol. The third-order valence-corrected chi connectivity index (χ3v) is 3.97. The van der Waals surface area contributed by atoms with E-state index in [9.17, 15) is 9.18 Å². The molecule has 1 aromatic rings. The van der Waals surface area contributed by atoms with Gasteiger partial charge in [-0.3, -0.25) is 4.79 Å². The first-order chi connectivity index (χ1) is 10.0. The summed E-state index contributed by atoms with van der Waals surface area (Å²) in [5.74, 6) is -1.03. The summed E-state index contributed by atoms with van der Waals surface area (Å²) in [4.78, 5) is 11.3. The molecule has 2 atom stereocenters. The summed E-state index contributed by atoms with van der Waals surface area (Å²) in [6.45, 7) is 4.54. The molecule has 2 rings (SSSR count). The van der Waals surface area contributed by atoms with E-state index < -0.39 is 11.7 Å². The van der Waals surface area contributed by atoms with Crippen molar-refractivity contribution in [2.45, 2.75) is 51.7 Å². The molecule has 1 aliphatic rings. The van der Waals surface area contributed by atoms with Crippen molar-refractivity contribution in [3.63, 3.8) is 0 Å². The van der Waals surface area contributed by atoms with Gasteiger partial charge in [0.05, 0.1) is 6.10 Å². The lowest BCUT2D eigenvalue weighted by Crippen LogP contribution is -2.34. The van der Waals surface area contributed by atoms with Crippen LogP contribution in [0.25, 0.3) is 0 Å². The number of benzene rings is 1. The quantitative estimate of drug-likeness (QED) is 0.877. The highest BCUT2D eigenvalue weighted by Crippen LogP contribution is 2.25. The Kier molecular flexibility index (Phi) is 5.17. The number of halogens is 1. The van der Waals surface area contributed by atoms with Gasteiger partial charge in [0.25, 0.3) is 0 Å². The third-order valence-electron chi connectivity index (χ3n) is 3.97. The Morgan fingerprint density at radius 3 is 2.95 bits per heavy atom. The summed E-state index contributed by atoms with van der Waals surface area (Å²) < 4.78 is 19.6. The summed E-state index contributed by atoms with van der Waals surface area (Å²) in [7, 11) is 0. The van der Waals surface area contributed by atoms with E-state index in [2.05, 4.69) is 12.2 Å². The summed E-state index contributed by atoms with van der Waals surface area (Å²) in [5, 5.41) is 3.35. The van der Waals surface area contributed by atoms with Gasteiger partial charge < -0.3 is 15.8 Å². The summed E-state index contributed by atoms with van der Waals surface area (Å²) in [6, 6.07) is 3.05. The molecular formula is C16H23FN2O2. The predicted octanol–water partition coefficient (Wildman–Crippen LogP) is 2.99. The van der Waals surface area contributed by atoms with Gasteiger partial charge in [0.15, 0.2) is 0 Å². The van der Waals surface area contributed by atoms with Gasteiger partial charge in [-0.05, 0) is 38.3 Å². The Hall–Kier alpha value is -1.62. The van der Waals surface area contributed by atoms with Crippen molar-refractivity contribution in [3.8, 4) is 0 Å². The third kappa shape index (κ3) is 3.94. The molecule has 21 heavy (non-hydrogen) atoms. The van der Waals surface area contributed by atoms with E-state index in [1.165, 1.54) is 6.07 Å². The van der Waals surface area contributed by atoms with Gasteiger partial charge in [0.2, 0.25) is 5.91 Å². The first-order valence-electron chi connectivity index (χ1n) is 7.49. The molecule has 116 valence electrons. The lowest BCUT2D eigenvalue weighted by Gasteiger charge is -2.31.